The summed E-state index contributed by atoms with van der Waals surface area (Å²) in [5.41, 5.74) is 12.3. The van der Waals surface area contributed by atoms with Gasteiger partial charge in [0.25, 0.3) is 0 Å². The second kappa shape index (κ2) is 6.47. The summed E-state index contributed by atoms with van der Waals surface area (Å²) in [6.07, 6.45) is 0.859. The average Bonchev–Trinajstić information content (AvgIpc) is 2.45. The lowest BCUT2D eigenvalue weighted by molar-refractivity contribution is 0.168. The maximum atomic E-state index is 11.5. The summed E-state index contributed by atoms with van der Waals surface area (Å²) < 4.78 is 10.5. The maximum absolute atomic E-state index is 11.5. The van der Waals surface area contributed by atoms with E-state index >= 15 is 0 Å². The molecule has 0 atom stereocenters. The van der Waals surface area contributed by atoms with E-state index in [1.807, 2.05) is 0 Å². The molecule has 7 nitrogen and oxygen atoms in total. The van der Waals surface area contributed by atoms with Crippen molar-refractivity contribution in [3.8, 4) is 11.5 Å². The van der Waals surface area contributed by atoms with E-state index in [2.05, 4.69) is 10.3 Å². The standard InChI is InChI=1S/C14H16N4O3/c1-2-20-14(19)18-12-11(7-8-17-13(12)16)21-10-5-3-9(15)4-6-10/h3-8H,2,15H2,1H3,(H2,16,17)(H,18,19). The minimum absolute atomic E-state index is 0.135. The Labute approximate surface area is 121 Å². The van der Waals surface area contributed by atoms with Crippen molar-refractivity contribution in [2.24, 2.45) is 0 Å². The monoisotopic (exact) mass is 288 g/mol. The molecule has 0 spiro atoms. The molecule has 5 N–H and O–H groups in total. The molecule has 0 fully saturated rings. The zero-order chi connectivity index (χ0) is 15.2. The minimum Gasteiger partial charge on any atom is -0.455 e. The summed E-state index contributed by atoms with van der Waals surface area (Å²) in [5, 5.41) is 2.51. The number of hydrogen-bond acceptors (Lipinski definition) is 6. The molecule has 0 saturated carbocycles. The fraction of sp³-hybridized carbons (Fsp3) is 0.143. The Morgan fingerprint density at radius 3 is 2.62 bits per heavy atom. The maximum Gasteiger partial charge on any atom is 0.411 e. The molecule has 2 rings (SSSR count). The van der Waals surface area contributed by atoms with Crippen LogP contribution in [0.1, 0.15) is 6.92 Å². The van der Waals surface area contributed by atoms with Gasteiger partial charge in [-0.05, 0) is 31.2 Å². The second-order valence-corrected chi connectivity index (χ2v) is 4.09. The van der Waals surface area contributed by atoms with Crippen LogP contribution in [0.3, 0.4) is 0 Å². The Balaban J connectivity index is 2.24. The molecule has 1 heterocycles. The Morgan fingerprint density at radius 2 is 1.95 bits per heavy atom. The van der Waals surface area contributed by atoms with Gasteiger partial charge in [0.2, 0.25) is 0 Å². The van der Waals surface area contributed by atoms with E-state index in [1.54, 1.807) is 37.3 Å². The van der Waals surface area contributed by atoms with Crippen LogP contribution in [0.2, 0.25) is 0 Å². The predicted octanol–water partition coefficient (Wildman–Crippen LogP) is 2.61. The summed E-state index contributed by atoms with van der Waals surface area (Å²) >= 11 is 0. The first kappa shape index (κ1) is 14.4. The number of aromatic nitrogens is 1. The number of rotatable bonds is 4. The van der Waals surface area contributed by atoms with E-state index in [9.17, 15) is 4.79 Å². The summed E-state index contributed by atoms with van der Waals surface area (Å²) in [6.45, 7) is 1.96. The van der Waals surface area contributed by atoms with E-state index in [0.717, 1.165) is 0 Å². The third-order valence-electron chi connectivity index (χ3n) is 2.55. The summed E-state index contributed by atoms with van der Waals surface area (Å²) in [7, 11) is 0. The second-order valence-electron chi connectivity index (χ2n) is 4.09. The van der Waals surface area contributed by atoms with E-state index in [4.69, 9.17) is 20.9 Å². The van der Waals surface area contributed by atoms with Crippen LogP contribution in [0.5, 0.6) is 11.5 Å². The molecule has 0 bridgehead atoms. The van der Waals surface area contributed by atoms with Crippen molar-refractivity contribution in [3.05, 3.63) is 36.5 Å². The first-order valence-electron chi connectivity index (χ1n) is 6.31. The van der Waals surface area contributed by atoms with Crippen LogP contribution in [-0.2, 0) is 4.74 Å². The number of benzene rings is 1. The number of amides is 1. The van der Waals surface area contributed by atoms with Crippen molar-refractivity contribution in [1.29, 1.82) is 0 Å². The molecule has 0 unspecified atom stereocenters. The van der Waals surface area contributed by atoms with Gasteiger partial charge in [0.1, 0.15) is 11.4 Å². The average molecular weight is 288 g/mol. The molecule has 1 amide bonds. The number of nitrogens with zero attached hydrogens (tertiary/aromatic N) is 1. The van der Waals surface area contributed by atoms with Gasteiger partial charge in [-0.25, -0.2) is 9.78 Å². The molecule has 1 aromatic carbocycles. The van der Waals surface area contributed by atoms with Crippen molar-refractivity contribution < 1.29 is 14.3 Å². The van der Waals surface area contributed by atoms with Gasteiger partial charge in [0, 0.05) is 18.0 Å². The minimum atomic E-state index is -0.626. The molecule has 0 radical (unpaired) electrons. The van der Waals surface area contributed by atoms with Crippen molar-refractivity contribution in [1.82, 2.24) is 4.98 Å². The molecule has 7 heteroatoms. The first-order valence-corrected chi connectivity index (χ1v) is 6.31. The highest BCUT2D eigenvalue weighted by molar-refractivity contribution is 5.90. The molecule has 0 saturated heterocycles. The third-order valence-corrected chi connectivity index (χ3v) is 2.55. The van der Waals surface area contributed by atoms with Gasteiger partial charge < -0.3 is 20.9 Å². The highest BCUT2D eigenvalue weighted by Gasteiger charge is 2.13. The fourth-order valence-electron chi connectivity index (χ4n) is 1.60. The Bertz CT molecular complexity index is 629. The topological polar surface area (TPSA) is 112 Å². The normalized spacial score (nSPS) is 9.95. The number of carbonyl (C=O) groups is 1. The Morgan fingerprint density at radius 1 is 1.24 bits per heavy atom. The Kier molecular flexibility index (Phi) is 4.45. The predicted molar refractivity (Wildman–Crippen MR) is 80.2 cm³/mol. The van der Waals surface area contributed by atoms with Crippen molar-refractivity contribution in [3.63, 3.8) is 0 Å². The number of pyridine rings is 1. The van der Waals surface area contributed by atoms with Crippen LogP contribution in [0.15, 0.2) is 36.5 Å². The largest absolute Gasteiger partial charge is 0.455 e. The lowest BCUT2D eigenvalue weighted by Gasteiger charge is -2.13. The van der Waals surface area contributed by atoms with Gasteiger partial charge in [-0.15, -0.1) is 0 Å². The lowest BCUT2D eigenvalue weighted by atomic mass is 10.3. The molecule has 0 aliphatic carbocycles. The molecule has 1 aromatic heterocycles. The van der Waals surface area contributed by atoms with Gasteiger partial charge in [0.05, 0.1) is 6.61 Å². The van der Waals surface area contributed by atoms with Crippen molar-refractivity contribution in [2.75, 3.05) is 23.4 Å². The smallest absolute Gasteiger partial charge is 0.411 e. The highest BCUT2D eigenvalue weighted by atomic mass is 16.5. The molecule has 21 heavy (non-hydrogen) atoms. The van der Waals surface area contributed by atoms with Crippen LogP contribution in [0.25, 0.3) is 0 Å². The SMILES string of the molecule is CCOC(=O)Nc1c(Oc2ccc(N)cc2)ccnc1N. The molecule has 0 aliphatic heterocycles. The van der Waals surface area contributed by atoms with Gasteiger partial charge in [0.15, 0.2) is 11.6 Å². The van der Waals surface area contributed by atoms with Crippen LogP contribution < -0.4 is 21.5 Å². The van der Waals surface area contributed by atoms with Gasteiger partial charge >= 0.3 is 6.09 Å². The molecular formula is C14H16N4O3. The summed E-state index contributed by atoms with van der Waals surface area (Å²) in [6, 6.07) is 8.42. The van der Waals surface area contributed by atoms with E-state index in [-0.39, 0.29) is 18.1 Å². The van der Waals surface area contributed by atoms with Crippen molar-refractivity contribution in [2.45, 2.75) is 6.92 Å². The lowest BCUT2D eigenvalue weighted by Crippen LogP contribution is -2.15. The fourth-order valence-corrected chi connectivity index (χ4v) is 1.60. The molecule has 110 valence electrons. The van der Waals surface area contributed by atoms with Gasteiger partial charge in [-0.1, -0.05) is 0 Å². The zero-order valence-corrected chi connectivity index (χ0v) is 11.5. The molecular weight excluding hydrogens is 272 g/mol. The summed E-state index contributed by atoms with van der Waals surface area (Å²) in [5.74, 6) is 1.05. The van der Waals surface area contributed by atoms with Gasteiger partial charge in [-0.2, -0.15) is 0 Å². The van der Waals surface area contributed by atoms with E-state index in [1.165, 1.54) is 6.20 Å². The number of carbonyl (C=O) groups excluding carboxylic acids is 1. The molecule has 2 aromatic rings. The number of nitrogens with two attached hydrogens (primary N) is 2. The van der Waals surface area contributed by atoms with E-state index < -0.39 is 6.09 Å². The van der Waals surface area contributed by atoms with Crippen LogP contribution in [0.4, 0.5) is 22.0 Å². The van der Waals surface area contributed by atoms with Crippen LogP contribution in [0, 0.1) is 0 Å². The summed E-state index contributed by atoms with van der Waals surface area (Å²) in [4.78, 5) is 15.4. The van der Waals surface area contributed by atoms with Gasteiger partial charge in [-0.3, -0.25) is 5.32 Å². The Hall–Kier alpha value is -2.96. The molecule has 0 aliphatic rings. The quantitative estimate of drug-likeness (QED) is 0.745. The number of nitrogen functional groups attached to an aromatic ring is 2. The number of ether oxygens (including phenoxy) is 2. The third kappa shape index (κ3) is 3.75. The highest BCUT2D eigenvalue weighted by Crippen LogP contribution is 2.33. The van der Waals surface area contributed by atoms with Crippen LogP contribution >= 0.6 is 0 Å². The van der Waals surface area contributed by atoms with E-state index in [0.29, 0.717) is 17.2 Å². The van der Waals surface area contributed by atoms with Crippen molar-refractivity contribution >= 4 is 23.3 Å². The number of anilines is 3. The van der Waals surface area contributed by atoms with Crippen LogP contribution in [-0.4, -0.2) is 17.7 Å². The zero-order valence-electron chi connectivity index (χ0n) is 11.5. The number of nitrogens with one attached hydrogen (secondary N) is 1. The number of hydrogen-bond donors (Lipinski definition) is 3. The first-order chi connectivity index (χ1) is 10.1.